The van der Waals surface area contributed by atoms with Crippen LogP contribution in [0.4, 0.5) is 17.1 Å². The first-order chi connectivity index (χ1) is 32.1. The Morgan fingerprint density at radius 1 is 0.492 bits per heavy atom. The summed E-state index contributed by atoms with van der Waals surface area (Å²) in [6, 6.07) is 54.8. The van der Waals surface area contributed by atoms with Crippen molar-refractivity contribution in [1.29, 1.82) is 0 Å². The van der Waals surface area contributed by atoms with E-state index in [0.29, 0.717) is 0 Å². The molecule has 6 aromatic carbocycles. The summed E-state index contributed by atoms with van der Waals surface area (Å²) in [5, 5.41) is 2.65. The fourth-order valence-electron chi connectivity index (χ4n) is 16.4. The first kappa shape index (κ1) is 37.6. The second-order valence-electron chi connectivity index (χ2n) is 21.8. The third-order valence-electron chi connectivity index (χ3n) is 18.4. The summed E-state index contributed by atoms with van der Waals surface area (Å²) in [4.78, 5) is 19.5. The predicted octanol–water partition coefficient (Wildman–Crippen LogP) is 15.0. The van der Waals surface area contributed by atoms with E-state index in [4.69, 9.17) is 15.0 Å². The number of hydrogen-bond donors (Lipinski definition) is 0. The Labute approximate surface area is 386 Å². The summed E-state index contributed by atoms with van der Waals surface area (Å²) in [7, 11) is 0. The van der Waals surface area contributed by atoms with Crippen LogP contribution >= 0.6 is 11.3 Å². The standard InChI is InChI=1S/C60H54N4S/c1-2-14-43(15-3-1)60(50-20-11-17-46-45-16-4-9-23-53(45)65-54(46)50)48-18-5-7-21-51(48)64(52-22-8-6-19-49(52)60)44-26-24-40(25-27-44)55-61-56(58-31-37-28-38(32-58)30-39(29-37)33-58)63-57(62-55)59-34-41-12-10-13-42(35-59)47(41)36-59/h1-9,11,14-27,37-39,41-42,47H,10,12-13,28-36H2. The molecule has 6 bridgehead atoms. The fraction of sp³-hybridized carbons (Fsp3) is 0.350. The first-order valence-corrected chi connectivity index (χ1v) is 25.7. The zero-order valence-electron chi connectivity index (χ0n) is 37.0. The number of rotatable bonds is 6. The highest BCUT2D eigenvalue weighted by Crippen LogP contribution is 2.66. The van der Waals surface area contributed by atoms with Gasteiger partial charge in [0.05, 0.1) is 16.8 Å². The zero-order chi connectivity index (χ0) is 42.5. The van der Waals surface area contributed by atoms with Crippen LogP contribution in [0.5, 0.6) is 0 Å². The van der Waals surface area contributed by atoms with E-state index in [1.54, 1.807) is 0 Å². The van der Waals surface area contributed by atoms with Gasteiger partial charge in [0.25, 0.3) is 0 Å². The van der Waals surface area contributed by atoms with E-state index in [9.17, 15) is 0 Å². The van der Waals surface area contributed by atoms with Gasteiger partial charge in [-0.3, -0.25) is 0 Å². The van der Waals surface area contributed by atoms with Crippen LogP contribution in [0.15, 0.2) is 146 Å². The molecular weight excluding hydrogens is 809 g/mol. The smallest absolute Gasteiger partial charge is 0.163 e. The van der Waals surface area contributed by atoms with Crippen LogP contribution < -0.4 is 4.90 Å². The minimum atomic E-state index is -0.558. The van der Waals surface area contributed by atoms with E-state index in [1.807, 2.05) is 11.3 Å². The molecule has 320 valence electrons. The molecule has 0 radical (unpaired) electrons. The molecule has 65 heavy (non-hydrogen) atoms. The van der Waals surface area contributed by atoms with Gasteiger partial charge in [-0.25, -0.2) is 15.0 Å². The van der Waals surface area contributed by atoms with Gasteiger partial charge in [-0.1, -0.05) is 122 Å². The lowest BCUT2D eigenvalue weighted by Gasteiger charge is -2.56. The molecule has 7 saturated carbocycles. The largest absolute Gasteiger partial charge is 0.310 e. The van der Waals surface area contributed by atoms with Crippen molar-refractivity contribution in [3.8, 4) is 11.4 Å². The van der Waals surface area contributed by atoms with Crippen molar-refractivity contribution < 1.29 is 0 Å². The summed E-state index contributed by atoms with van der Waals surface area (Å²) in [5.41, 5.74) is 9.54. The van der Waals surface area contributed by atoms with Crippen LogP contribution in [0, 0.1) is 35.5 Å². The number of para-hydroxylation sites is 2. The summed E-state index contributed by atoms with van der Waals surface area (Å²) in [5.74, 6) is 8.34. The second kappa shape index (κ2) is 13.7. The van der Waals surface area contributed by atoms with E-state index in [1.165, 1.54) is 131 Å². The van der Waals surface area contributed by atoms with E-state index in [2.05, 4.69) is 150 Å². The fourth-order valence-corrected chi connectivity index (χ4v) is 17.7. The first-order valence-electron chi connectivity index (χ1n) is 24.9. The molecule has 2 aromatic heterocycles. The molecule has 1 aliphatic heterocycles. The molecule has 0 N–H and O–H groups in total. The van der Waals surface area contributed by atoms with Crippen LogP contribution in [0.25, 0.3) is 31.6 Å². The summed E-state index contributed by atoms with van der Waals surface area (Å²) in [6.07, 6.45) is 16.2. The maximum Gasteiger partial charge on any atom is 0.163 e. The third kappa shape index (κ3) is 5.28. The minimum Gasteiger partial charge on any atom is -0.310 e. The highest BCUT2D eigenvalue weighted by atomic mass is 32.1. The molecule has 7 fully saturated rings. The zero-order valence-corrected chi connectivity index (χ0v) is 37.8. The Bertz CT molecular complexity index is 3100. The third-order valence-corrected chi connectivity index (χ3v) is 19.6. The van der Waals surface area contributed by atoms with E-state index in [0.717, 1.165) is 64.2 Å². The Kier molecular flexibility index (Phi) is 7.92. The molecule has 8 aromatic rings. The highest BCUT2D eigenvalue weighted by Gasteiger charge is 2.60. The van der Waals surface area contributed by atoms with E-state index in [-0.39, 0.29) is 10.8 Å². The van der Waals surface area contributed by atoms with Gasteiger partial charge in [0.1, 0.15) is 11.6 Å². The van der Waals surface area contributed by atoms with Crippen LogP contribution in [0.3, 0.4) is 0 Å². The number of hydrogen-bond acceptors (Lipinski definition) is 5. The Hall–Kier alpha value is -5.65. The average Bonchev–Trinajstić information content (AvgIpc) is 4.05. The van der Waals surface area contributed by atoms with Crippen LogP contribution in [-0.2, 0) is 16.2 Å². The summed E-state index contributed by atoms with van der Waals surface area (Å²) >= 11 is 1.92. The van der Waals surface area contributed by atoms with Crippen LogP contribution in [0.1, 0.15) is 111 Å². The number of anilines is 3. The predicted molar refractivity (Wildman–Crippen MR) is 264 cm³/mol. The van der Waals surface area contributed by atoms with Crippen molar-refractivity contribution in [3.05, 3.63) is 179 Å². The number of benzene rings is 6. The highest BCUT2D eigenvalue weighted by molar-refractivity contribution is 7.26. The Morgan fingerprint density at radius 3 is 1.72 bits per heavy atom. The molecule has 5 heteroatoms. The summed E-state index contributed by atoms with van der Waals surface area (Å²) in [6.45, 7) is 0. The summed E-state index contributed by atoms with van der Waals surface area (Å²) < 4.78 is 2.67. The van der Waals surface area contributed by atoms with Crippen molar-refractivity contribution in [3.63, 3.8) is 0 Å². The quantitative estimate of drug-likeness (QED) is 0.167. The molecular formula is C60H54N4S. The molecule has 8 aliphatic rings. The number of fused-ring (bicyclic) bond motifs is 6. The van der Waals surface area contributed by atoms with Crippen molar-refractivity contribution in [1.82, 2.24) is 15.0 Å². The van der Waals surface area contributed by atoms with Crippen molar-refractivity contribution in [2.75, 3.05) is 4.90 Å². The Balaban J connectivity index is 0.886. The van der Waals surface area contributed by atoms with Gasteiger partial charge in [-0.2, -0.15) is 0 Å². The lowest BCUT2D eigenvalue weighted by molar-refractivity contribution is -0.00971. The molecule has 0 amide bonds. The van der Waals surface area contributed by atoms with Gasteiger partial charge in [-0.05, 0) is 158 Å². The maximum atomic E-state index is 5.73. The monoisotopic (exact) mass is 862 g/mol. The van der Waals surface area contributed by atoms with Crippen LogP contribution in [-0.4, -0.2) is 15.0 Å². The molecule has 0 saturated heterocycles. The lowest BCUT2D eigenvalue weighted by Crippen LogP contribution is -2.49. The van der Waals surface area contributed by atoms with Gasteiger partial charge in [0.2, 0.25) is 0 Å². The van der Waals surface area contributed by atoms with Gasteiger partial charge in [-0.15, -0.1) is 11.3 Å². The van der Waals surface area contributed by atoms with E-state index < -0.39 is 5.41 Å². The normalized spacial score (nSPS) is 29.9. The SMILES string of the molecule is c1ccc(C2(c3cccc4c3sc3ccccc34)c3ccccc3N(c3ccc(-c4nc(C56CC7CC(CC(C7)C5)C6)nc(C56CC7CCCC(C5)C7C6)n4)cc3)c3ccccc32)cc1. The van der Waals surface area contributed by atoms with Gasteiger partial charge in [0, 0.05) is 42.3 Å². The number of aromatic nitrogens is 3. The molecule has 7 aliphatic carbocycles. The molecule has 2 atom stereocenters. The maximum absolute atomic E-state index is 5.73. The molecule has 0 spiro atoms. The number of nitrogens with zero attached hydrogens (tertiary/aromatic N) is 4. The molecule has 3 heterocycles. The molecule has 16 rings (SSSR count). The van der Waals surface area contributed by atoms with Gasteiger partial charge in [0.15, 0.2) is 5.82 Å². The van der Waals surface area contributed by atoms with E-state index >= 15 is 0 Å². The van der Waals surface area contributed by atoms with Gasteiger partial charge >= 0.3 is 0 Å². The number of thiophene rings is 1. The lowest BCUT2D eigenvalue weighted by atomic mass is 9.49. The van der Waals surface area contributed by atoms with Crippen LogP contribution in [0.2, 0.25) is 0 Å². The molecule has 4 nitrogen and oxygen atoms in total. The van der Waals surface area contributed by atoms with Gasteiger partial charge < -0.3 is 4.90 Å². The van der Waals surface area contributed by atoms with Crippen molar-refractivity contribution in [2.45, 2.75) is 93.3 Å². The topological polar surface area (TPSA) is 41.9 Å². The molecule has 2 unspecified atom stereocenters. The average molecular weight is 863 g/mol. The van der Waals surface area contributed by atoms with Crippen molar-refractivity contribution in [2.24, 2.45) is 35.5 Å². The minimum absolute atomic E-state index is 0.122. The van der Waals surface area contributed by atoms with Crippen molar-refractivity contribution >= 4 is 48.6 Å². The second-order valence-corrected chi connectivity index (χ2v) is 22.9. The Morgan fingerprint density at radius 2 is 1.06 bits per heavy atom.